The minimum Gasteiger partial charge on any atom is -0.492 e. The molecule has 3 N–H and O–H groups in total. The molecule has 0 heterocycles. The van der Waals surface area contributed by atoms with E-state index in [1.54, 1.807) is 0 Å². The quantitative estimate of drug-likeness (QED) is 0.523. The second-order valence-corrected chi connectivity index (χ2v) is 5.27. The number of ether oxygens (including phenoxy) is 2. The van der Waals surface area contributed by atoms with E-state index in [2.05, 4.69) is 5.32 Å². The second-order valence-electron chi connectivity index (χ2n) is 3.74. The Hall–Kier alpha value is -2.40. The van der Waals surface area contributed by atoms with Gasteiger partial charge in [0.05, 0.1) is 18.1 Å². The monoisotopic (exact) mass is 319 g/mol. The van der Waals surface area contributed by atoms with Crippen LogP contribution in [0.4, 0.5) is 5.69 Å². The number of non-ortho nitro benzene ring substituents is 1. The fourth-order valence-electron chi connectivity index (χ4n) is 1.40. The van der Waals surface area contributed by atoms with Crippen LogP contribution in [-0.4, -0.2) is 40.0 Å². The predicted octanol–water partition coefficient (Wildman–Crippen LogP) is -0.624. The van der Waals surface area contributed by atoms with Crippen LogP contribution in [0, 0.1) is 10.1 Å². The summed E-state index contributed by atoms with van der Waals surface area (Å²) in [5.74, 6) is -1.10. The summed E-state index contributed by atoms with van der Waals surface area (Å²) < 4.78 is 32.9. The van der Waals surface area contributed by atoms with Crippen molar-refractivity contribution in [3.63, 3.8) is 0 Å². The number of hydrogen-bond acceptors (Lipinski definition) is 7. The molecule has 116 valence electrons. The summed E-state index contributed by atoms with van der Waals surface area (Å²) in [7, 11) is -1.77. The number of carbonyl (C=O) groups is 1. The van der Waals surface area contributed by atoms with Crippen molar-refractivity contribution >= 4 is 21.6 Å². The molecule has 0 saturated heterocycles. The standard InChI is InChI=1S/C10H13N3O7S/c1-12-9(14)5-20-7-3-6(13(15)16)4-8(10(7)19-2)21(11,17)18/h3-4H,5H2,1-2H3,(H,12,14)(H2,11,17,18). The molecule has 0 aliphatic heterocycles. The van der Waals surface area contributed by atoms with Crippen LogP contribution in [0.1, 0.15) is 0 Å². The van der Waals surface area contributed by atoms with Crippen molar-refractivity contribution < 1.29 is 27.6 Å². The number of sulfonamides is 1. The molecular weight excluding hydrogens is 306 g/mol. The Morgan fingerprint density at radius 1 is 1.48 bits per heavy atom. The van der Waals surface area contributed by atoms with Gasteiger partial charge in [-0.1, -0.05) is 0 Å². The Bertz CT molecular complexity index is 671. The summed E-state index contributed by atoms with van der Waals surface area (Å²) in [6.45, 7) is -0.474. The first-order valence-electron chi connectivity index (χ1n) is 5.43. The number of carbonyl (C=O) groups excluding carboxylic acids is 1. The lowest BCUT2D eigenvalue weighted by Crippen LogP contribution is -2.25. The van der Waals surface area contributed by atoms with Gasteiger partial charge in [0.15, 0.2) is 18.1 Å². The van der Waals surface area contributed by atoms with Gasteiger partial charge in [0.1, 0.15) is 4.90 Å². The van der Waals surface area contributed by atoms with Crippen LogP contribution in [0.5, 0.6) is 11.5 Å². The summed E-state index contributed by atoms with van der Waals surface area (Å²) in [6, 6.07) is 1.69. The van der Waals surface area contributed by atoms with Gasteiger partial charge in [-0.3, -0.25) is 14.9 Å². The van der Waals surface area contributed by atoms with E-state index in [1.807, 2.05) is 0 Å². The number of primary sulfonamides is 1. The number of rotatable bonds is 6. The van der Waals surface area contributed by atoms with Crippen LogP contribution in [0.15, 0.2) is 17.0 Å². The smallest absolute Gasteiger partial charge is 0.274 e. The molecule has 0 unspecified atom stereocenters. The predicted molar refractivity (Wildman–Crippen MR) is 70.6 cm³/mol. The molecule has 0 aliphatic rings. The zero-order chi connectivity index (χ0) is 16.2. The molecule has 0 bridgehead atoms. The van der Waals surface area contributed by atoms with E-state index >= 15 is 0 Å². The van der Waals surface area contributed by atoms with Gasteiger partial charge in [-0.25, -0.2) is 13.6 Å². The Balaban J connectivity index is 3.42. The van der Waals surface area contributed by atoms with Gasteiger partial charge in [0.2, 0.25) is 10.0 Å². The summed E-state index contributed by atoms with van der Waals surface area (Å²) >= 11 is 0. The van der Waals surface area contributed by atoms with Gasteiger partial charge in [0.25, 0.3) is 11.6 Å². The van der Waals surface area contributed by atoms with Crippen molar-refractivity contribution in [2.45, 2.75) is 4.90 Å². The maximum Gasteiger partial charge on any atom is 0.274 e. The van der Waals surface area contributed by atoms with Crippen LogP contribution < -0.4 is 19.9 Å². The van der Waals surface area contributed by atoms with Gasteiger partial charge in [-0.15, -0.1) is 0 Å². The number of nitro benzene ring substituents is 1. The average molecular weight is 319 g/mol. The lowest BCUT2D eigenvalue weighted by Gasteiger charge is -2.13. The number of likely N-dealkylation sites (N-methyl/N-ethyl adjacent to an activating group) is 1. The first kappa shape index (κ1) is 16.7. The number of nitro groups is 1. The van der Waals surface area contributed by atoms with E-state index in [1.165, 1.54) is 7.05 Å². The summed E-state index contributed by atoms with van der Waals surface area (Å²) in [6.07, 6.45) is 0. The lowest BCUT2D eigenvalue weighted by atomic mass is 10.3. The molecule has 11 heteroatoms. The highest BCUT2D eigenvalue weighted by Gasteiger charge is 2.25. The molecule has 21 heavy (non-hydrogen) atoms. The van der Waals surface area contributed by atoms with Crippen molar-refractivity contribution in [2.24, 2.45) is 5.14 Å². The molecule has 0 spiro atoms. The molecule has 1 rings (SSSR count). The SMILES string of the molecule is CNC(=O)COc1cc([N+](=O)[O-])cc(S(N)(=O)=O)c1OC. The maximum atomic E-state index is 11.5. The van der Waals surface area contributed by atoms with E-state index in [4.69, 9.17) is 14.6 Å². The molecule has 0 radical (unpaired) electrons. The van der Waals surface area contributed by atoms with Gasteiger partial charge in [0, 0.05) is 13.1 Å². The van der Waals surface area contributed by atoms with Gasteiger partial charge in [-0.2, -0.15) is 0 Å². The number of nitrogens with two attached hydrogens (primary N) is 1. The van der Waals surface area contributed by atoms with E-state index in [-0.39, 0.29) is 11.5 Å². The summed E-state index contributed by atoms with van der Waals surface area (Å²) in [5.41, 5.74) is -0.563. The molecule has 1 aromatic carbocycles. The Morgan fingerprint density at radius 3 is 2.52 bits per heavy atom. The van der Waals surface area contributed by atoms with Crippen molar-refractivity contribution in [3.05, 3.63) is 22.2 Å². The molecule has 0 saturated carbocycles. The summed E-state index contributed by atoms with van der Waals surface area (Å²) in [4.78, 5) is 20.5. The van der Waals surface area contributed by atoms with Crippen molar-refractivity contribution in [3.8, 4) is 11.5 Å². The number of hydrogen-bond donors (Lipinski definition) is 2. The van der Waals surface area contributed by atoms with Gasteiger partial charge >= 0.3 is 0 Å². The van der Waals surface area contributed by atoms with Gasteiger partial charge in [-0.05, 0) is 0 Å². The molecule has 10 nitrogen and oxygen atoms in total. The van der Waals surface area contributed by atoms with E-state index < -0.39 is 38.0 Å². The molecular formula is C10H13N3O7S. The third-order valence-electron chi connectivity index (χ3n) is 2.36. The second kappa shape index (κ2) is 6.37. The number of nitrogens with one attached hydrogen (secondary N) is 1. The van der Waals surface area contributed by atoms with Crippen molar-refractivity contribution in [2.75, 3.05) is 20.8 Å². The highest BCUT2D eigenvalue weighted by atomic mass is 32.2. The first-order chi connectivity index (χ1) is 9.70. The summed E-state index contributed by atoms with van der Waals surface area (Å²) in [5, 5.41) is 18.1. The van der Waals surface area contributed by atoms with Gasteiger partial charge < -0.3 is 14.8 Å². The zero-order valence-corrected chi connectivity index (χ0v) is 12.0. The molecule has 1 aromatic rings. The molecule has 1 amide bonds. The Kier molecular flexibility index (Phi) is 5.05. The zero-order valence-electron chi connectivity index (χ0n) is 11.2. The van der Waals surface area contributed by atoms with Crippen LogP contribution in [0.3, 0.4) is 0 Å². The van der Waals surface area contributed by atoms with E-state index in [0.29, 0.717) is 0 Å². The normalized spacial score (nSPS) is 10.8. The third-order valence-corrected chi connectivity index (χ3v) is 3.28. The minimum absolute atomic E-state index is 0.278. The third kappa shape index (κ3) is 4.03. The molecule has 0 aromatic heterocycles. The minimum atomic E-state index is -4.28. The molecule has 0 atom stereocenters. The fourth-order valence-corrected chi connectivity index (χ4v) is 2.13. The van der Waals surface area contributed by atoms with Crippen molar-refractivity contribution in [1.29, 1.82) is 0 Å². The number of methoxy groups -OCH3 is 1. The Morgan fingerprint density at radius 2 is 2.10 bits per heavy atom. The number of nitrogens with zero attached hydrogens (tertiary/aromatic N) is 1. The van der Waals surface area contributed by atoms with Crippen LogP contribution in [0.2, 0.25) is 0 Å². The first-order valence-corrected chi connectivity index (χ1v) is 6.98. The molecule has 0 aliphatic carbocycles. The van der Waals surface area contributed by atoms with E-state index in [9.17, 15) is 23.3 Å². The van der Waals surface area contributed by atoms with E-state index in [0.717, 1.165) is 19.2 Å². The molecule has 0 fully saturated rings. The number of benzene rings is 1. The highest BCUT2D eigenvalue weighted by Crippen LogP contribution is 2.37. The fraction of sp³-hybridized carbons (Fsp3) is 0.300. The highest BCUT2D eigenvalue weighted by molar-refractivity contribution is 7.89. The largest absolute Gasteiger partial charge is 0.492 e. The number of amides is 1. The average Bonchev–Trinajstić information content (AvgIpc) is 2.42. The van der Waals surface area contributed by atoms with Crippen molar-refractivity contribution in [1.82, 2.24) is 5.32 Å². The van der Waals surface area contributed by atoms with Crippen LogP contribution >= 0.6 is 0 Å². The topological polar surface area (TPSA) is 151 Å². The van der Waals surface area contributed by atoms with Crippen LogP contribution in [-0.2, 0) is 14.8 Å². The van der Waals surface area contributed by atoms with Crippen LogP contribution in [0.25, 0.3) is 0 Å². The lowest BCUT2D eigenvalue weighted by molar-refractivity contribution is -0.385. The maximum absolute atomic E-state index is 11.5. The Labute approximate surface area is 120 Å².